The molecule has 29 heavy (non-hydrogen) atoms. The minimum atomic E-state index is 0.0107. The zero-order valence-electron chi connectivity index (χ0n) is 17.1. The second-order valence-corrected chi connectivity index (χ2v) is 7.96. The first-order valence-electron chi connectivity index (χ1n) is 10.2. The molecular weight excluding hydrogens is 364 g/mol. The number of aromatic nitrogens is 1. The van der Waals surface area contributed by atoms with Gasteiger partial charge in [0.25, 0.3) is 5.56 Å². The van der Waals surface area contributed by atoms with Crippen molar-refractivity contribution < 1.29 is 9.47 Å². The number of nitrogens with two attached hydrogens (primary N) is 1. The molecule has 1 aliphatic rings. The third-order valence-electron chi connectivity index (χ3n) is 5.80. The Bertz CT molecular complexity index is 1050. The lowest BCUT2D eigenvalue weighted by atomic mass is 9.93. The zero-order valence-corrected chi connectivity index (χ0v) is 17.1. The van der Waals surface area contributed by atoms with Gasteiger partial charge in [-0.05, 0) is 79.5 Å². The standard InChI is InChI=1S/C24H28N2O3/c1-16-13-22-18(14-23(16)29-21-9-5-19(25)6-10-21)11-12-26(24(22)27)15-17-3-7-20(28-2)8-4-17/h3-4,7-8,11-14,19,21H,5-6,9-10,15,25H2,1-2H3/t19-,21+. The maximum atomic E-state index is 13.0. The summed E-state index contributed by atoms with van der Waals surface area (Å²) in [5.74, 6) is 1.67. The number of nitrogens with zero attached hydrogens (tertiary/aromatic N) is 1. The molecule has 1 fully saturated rings. The van der Waals surface area contributed by atoms with Gasteiger partial charge in [0.1, 0.15) is 11.5 Å². The number of hydrogen-bond donors (Lipinski definition) is 1. The van der Waals surface area contributed by atoms with Crippen molar-refractivity contribution in [2.45, 2.75) is 51.3 Å². The van der Waals surface area contributed by atoms with Crippen molar-refractivity contribution in [3.63, 3.8) is 0 Å². The lowest BCUT2D eigenvalue weighted by Gasteiger charge is -2.27. The van der Waals surface area contributed by atoms with E-state index in [1.807, 2.05) is 55.6 Å². The Morgan fingerprint density at radius 3 is 2.48 bits per heavy atom. The quantitative estimate of drug-likeness (QED) is 0.712. The van der Waals surface area contributed by atoms with Gasteiger partial charge in [-0.15, -0.1) is 0 Å². The summed E-state index contributed by atoms with van der Waals surface area (Å²) in [5.41, 5.74) is 8.05. The summed E-state index contributed by atoms with van der Waals surface area (Å²) < 4.78 is 13.2. The minimum absolute atomic E-state index is 0.0107. The highest BCUT2D eigenvalue weighted by Gasteiger charge is 2.20. The molecule has 5 nitrogen and oxygen atoms in total. The smallest absolute Gasteiger partial charge is 0.258 e. The van der Waals surface area contributed by atoms with Crippen LogP contribution in [0.3, 0.4) is 0 Å². The summed E-state index contributed by atoms with van der Waals surface area (Å²) in [6.45, 7) is 2.53. The normalized spacial score (nSPS) is 19.3. The fraction of sp³-hybridized carbons (Fsp3) is 0.375. The summed E-state index contributed by atoms with van der Waals surface area (Å²) in [5, 5.41) is 1.63. The van der Waals surface area contributed by atoms with Crippen molar-refractivity contribution >= 4 is 10.8 Å². The van der Waals surface area contributed by atoms with E-state index < -0.39 is 0 Å². The molecule has 0 radical (unpaired) electrons. The van der Waals surface area contributed by atoms with Gasteiger partial charge in [0.2, 0.25) is 0 Å². The number of hydrogen-bond acceptors (Lipinski definition) is 4. The van der Waals surface area contributed by atoms with E-state index >= 15 is 0 Å². The van der Waals surface area contributed by atoms with Crippen LogP contribution in [0.1, 0.15) is 36.8 Å². The fourth-order valence-electron chi connectivity index (χ4n) is 3.98. The molecule has 0 spiro atoms. The molecule has 1 heterocycles. The number of fused-ring (bicyclic) bond motifs is 1. The average molecular weight is 392 g/mol. The zero-order chi connectivity index (χ0) is 20.4. The average Bonchev–Trinajstić information content (AvgIpc) is 2.73. The van der Waals surface area contributed by atoms with Gasteiger partial charge in [-0.2, -0.15) is 0 Å². The number of rotatable bonds is 5. The van der Waals surface area contributed by atoms with E-state index in [0.29, 0.717) is 12.6 Å². The molecule has 0 unspecified atom stereocenters. The third kappa shape index (κ3) is 4.30. The minimum Gasteiger partial charge on any atom is -0.497 e. The predicted molar refractivity (Wildman–Crippen MR) is 116 cm³/mol. The Morgan fingerprint density at radius 1 is 1.07 bits per heavy atom. The lowest BCUT2D eigenvalue weighted by Crippen LogP contribution is -2.31. The molecule has 0 aliphatic heterocycles. The molecule has 0 atom stereocenters. The molecule has 0 amide bonds. The van der Waals surface area contributed by atoms with Crippen LogP contribution in [-0.2, 0) is 6.54 Å². The highest BCUT2D eigenvalue weighted by atomic mass is 16.5. The molecule has 152 valence electrons. The van der Waals surface area contributed by atoms with Crippen LogP contribution in [0, 0.1) is 6.92 Å². The maximum Gasteiger partial charge on any atom is 0.258 e. The van der Waals surface area contributed by atoms with Crippen LogP contribution in [0.2, 0.25) is 0 Å². The number of benzene rings is 2. The summed E-state index contributed by atoms with van der Waals surface area (Å²) in [6.07, 6.45) is 6.06. The molecule has 2 aromatic carbocycles. The Balaban J connectivity index is 1.58. The van der Waals surface area contributed by atoms with Gasteiger partial charge in [-0.3, -0.25) is 4.79 Å². The van der Waals surface area contributed by atoms with Crippen molar-refractivity contribution in [2.24, 2.45) is 5.73 Å². The summed E-state index contributed by atoms with van der Waals surface area (Å²) in [6, 6.07) is 14.0. The van der Waals surface area contributed by atoms with E-state index in [1.165, 1.54) is 0 Å². The van der Waals surface area contributed by atoms with Crippen molar-refractivity contribution in [3.05, 3.63) is 70.1 Å². The van der Waals surface area contributed by atoms with Gasteiger partial charge in [0, 0.05) is 17.6 Å². The largest absolute Gasteiger partial charge is 0.497 e. The molecular formula is C24H28N2O3. The molecule has 0 bridgehead atoms. The fourth-order valence-corrected chi connectivity index (χ4v) is 3.98. The van der Waals surface area contributed by atoms with Crippen molar-refractivity contribution in [3.8, 4) is 11.5 Å². The highest BCUT2D eigenvalue weighted by molar-refractivity contribution is 5.84. The van der Waals surface area contributed by atoms with E-state index in [4.69, 9.17) is 15.2 Å². The number of methoxy groups -OCH3 is 1. The third-order valence-corrected chi connectivity index (χ3v) is 5.80. The number of ether oxygens (including phenoxy) is 2. The maximum absolute atomic E-state index is 13.0. The number of pyridine rings is 1. The van der Waals surface area contributed by atoms with Gasteiger partial charge >= 0.3 is 0 Å². The van der Waals surface area contributed by atoms with Crippen LogP contribution in [0.5, 0.6) is 11.5 Å². The van der Waals surface area contributed by atoms with Crippen LogP contribution < -0.4 is 20.8 Å². The summed E-state index contributed by atoms with van der Waals surface area (Å²) in [7, 11) is 1.65. The predicted octanol–water partition coefficient (Wildman–Crippen LogP) is 4.02. The Hall–Kier alpha value is -2.79. The molecule has 4 rings (SSSR count). The molecule has 2 N–H and O–H groups in total. The lowest BCUT2D eigenvalue weighted by molar-refractivity contribution is 0.146. The first-order valence-corrected chi connectivity index (χ1v) is 10.2. The molecule has 1 aliphatic carbocycles. The van der Waals surface area contributed by atoms with Crippen molar-refractivity contribution in [2.75, 3.05) is 7.11 Å². The van der Waals surface area contributed by atoms with Gasteiger partial charge in [-0.1, -0.05) is 12.1 Å². The Kier molecular flexibility index (Phi) is 5.58. The van der Waals surface area contributed by atoms with Crippen LogP contribution in [0.15, 0.2) is 53.5 Å². The van der Waals surface area contributed by atoms with E-state index in [2.05, 4.69) is 0 Å². The van der Waals surface area contributed by atoms with Crippen LogP contribution in [0.25, 0.3) is 10.8 Å². The molecule has 3 aromatic rings. The van der Waals surface area contributed by atoms with Gasteiger partial charge in [0.05, 0.1) is 19.8 Å². The van der Waals surface area contributed by atoms with Gasteiger partial charge in [0.15, 0.2) is 0 Å². The summed E-state index contributed by atoms with van der Waals surface area (Å²) in [4.78, 5) is 13.0. The van der Waals surface area contributed by atoms with E-state index in [-0.39, 0.29) is 11.7 Å². The van der Waals surface area contributed by atoms with E-state index in [0.717, 1.165) is 59.1 Å². The number of aryl methyl sites for hydroxylation is 1. The van der Waals surface area contributed by atoms with E-state index in [1.54, 1.807) is 11.7 Å². The van der Waals surface area contributed by atoms with Gasteiger partial charge < -0.3 is 19.8 Å². The van der Waals surface area contributed by atoms with Crippen molar-refractivity contribution in [1.29, 1.82) is 0 Å². The molecule has 1 aromatic heterocycles. The summed E-state index contributed by atoms with van der Waals surface area (Å²) >= 11 is 0. The second-order valence-electron chi connectivity index (χ2n) is 7.96. The Morgan fingerprint density at radius 2 is 1.79 bits per heavy atom. The van der Waals surface area contributed by atoms with Gasteiger partial charge in [-0.25, -0.2) is 0 Å². The molecule has 5 heteroatoms. The van der Waals surface area contributed by atoms with Crippen LogP contribution in [-0.4, -0.2) is 23.8 Å². The monoisotopic (exact) mass is 392 g/mol. The molecule has 0 saturated heterocycles. The topological polar surface area (TPSA) is 66.5 Å². The first-order chi connectivity index (χ1) is 14.0. The van der Waals surface area contributed by atoms with Crippen molar-refractivity contribution in [1.82, 2.24) is 4.57 Å². The second kappa shape index (κ2) is 8.29. The SMILES string of the molecule is COc1ccc(Cn2ccc3cc(O[C@H]4CC[C@@H](N)CC4)c(C)cc3c2=O)cc1. The van der Waals surface area contributed by atoms with Crippen LogP contribution in [0.4, 0.5) is 0 Å². The Labute approximate surface area is 171 Å². The van der Waals surface area contributed by atoms with E-state index in [9.17, 15) is 4.79 Å². The first kappa shape index (κ1) is 19.5. The highest BCUT2D eigenvalue weighted by Crippen LogP contribution is 2.28. The molecule has 1 saturated carbocycles. The van der Waals surface area contributed by atoms with Crippen LogP contribution >= 0.6 is 0 Å².